The first-order valence-corrected chi connectivity index (χ1v) is 13.3. The number of halogens is 1. The number of rotatable bonds is 10. The summed E-state index contributed by atoms with van der Waals surface area (Å²) in [7, 11) is -2.36. The van der Waals surface area contributed by atoms with Gasteiger partial charge in [-0.3, -0.25) is 19.3 Å². The van der Waals surface area contributed by atoms with E-state index >= 15 is 0 Å². The number of carbonyl (C=O) groups excluding carboxylic acids is 3. The van der Waals surface area contributed by atoms with Gasteiger partial charge in [-0.15, -0.1) is 0 Å². The molecule has 0 bridgehead atoms. The van der Waals surface area contributed by atoms with Crippen LogP contribution in [0.2, 0.25) is 0 Å². The molecular weight excluding hydrogens is 493 g/mol. The number of anilines is 1. The molecule has 0 spiro atoms. The summed E-state index contributed by atoms with van der Waals surface area (Å²) in [4.78, 5) is 44.2. The van der Waals surface area contributed by atoms with Gasteiger partial charge in [-0.05, 0) is 37.1 Å². The van der Waals surface area contributed by atoms with Gasteiger partial charge in [0.1, 0.15) is 15.7 Å². The molecule has 1 aliphatic heterocycles. The molecule has 1 N–H and O–H groups in total. The number of nitrogens with zero attached hydrogens (tertiary/aromatic N) is 2. The van der Waals surface area contributed by atoms with Crippen molar-refractivity contribution in [2.75, 3.05) is 31.0 Å². The number of benzene rings is 1. The molecule has 10 nitrogen and oxygen atoms in total. The Morgan fingerprint density at radius 1 is 1.14 bits per heavy atom. The minimum absolute atomic E-state index is 0.0205. The summed E-state index contributed by atoms with van der Waals surface area (Å²) in [6, 6.07) is 3.66. The molecule has 0 unspecified atom stereocenters. The van der Waals surface area contributed by atoms with E-state index in [1.165, 1.54) is 25.3 Å². The maximum absolute atomic E-state index is 14.8. The zero-order chi connectivity index (χ0) is 26.8. The van der Waals surface area contributed by atoms with Gasteiger partial charge in [0.25, 0.3) is 17.7 Å². The lowest BCUT2D eigenvalue weighted by Gasteiger charge is -2.26. The highest BCUT2D eigenvalue weighted by molar-refractivity contribution is 7.90. The van der Waals surface area contributed by atoms with Gasteiger partial charge < -0.3 is 14.8 Å². The summed E-state index contributed by atoms with van der Waals surface area (Å²) in [5.74, 6) is -3.70. The normalized spacial score (nSPS) is 14.1. The van der Waals surface area contributed by atoms with Crippen molar-refractivity contribution in [3.05, 3.63) is 46.9 Å². The summed E-state index contributed by atoms with van der Waals surface area (Å²) in [6.07, 6.45) is 1.09. The number of hydrogen-bond donors (Lipinski definition) is 1. The molecule has 3 rings (SSSR count). The molecule has 1 aromatic heterocycles. The minimum Gasteiger partial charge on any atom is -0.491 e. The highest BCUT2D eigenvalue weighted by Gasteiger charge is 2.45. The van der Waals surface area contributed by atoms with Crippen LogP contribution in [0.4, 0.5) is 10.1 Å². The first-order chi connectivity index (χ1) is 16.9. The molecule has 3 amide bonds. The van der Waals surface area contributed by atoms with Crippen LogP contribution in [0.25, 0.3) is 0 Å². The van der Waals surface area contributed by atoms with Crippen LogP contribution in [-0.2, 0) is 14.6 Å². The standard InChI is InChI=1S/C24H28FN3O7S/c1-6-35-22-18(34-4)10-9-15(27-22)17(12-36(5,32)33)28-23(30)20-14(25)7-8-16(21(20)24(28)31)26-19(29)11-13(2)3/h7-10,13,17H,6,11-12H2,1-5H3,(H,26,29)/t17-/m0/s1. The van der Waals surface area contributed by atoms with Crippen LogP contribution < -0.4 is 14.8 Å². The Morgan fingerprint density at radius 2 is 1.81 bits per heavy atom. The molecular formula is C24H28FN3O7S. The highest BCUT2D eigenvalue weighted by Crippen LogP contribution is 2.38. The summed E-state index contributed by atoms with van der Waals surface area (Å²) in [5, 5.41) is 2.56. The second-order valence-corrected chi connectivity index (χ2v) is 10.9. The molecule has 2 heterocycles. The van der Waals surface area contributed by atoms with Gasteiger partial charge >= 0.3 is 0 Å². The van der Waals surface area contributed by atoms with Gasteiger partial charge in [0.05, 0.1) is 48.0 Å². The zero-order valence-electron chi connectivity index (χ0n) is 20.6. The van der Waals surface area contributed by atoms with Gasteiger partial charge in [0.2, 0.25) is 5.91 Å². The average molecular weight is 522 g/mol. The number of fused-ring (bicyclic) bond motifs is 1. The van der Waals surface area contributed by atoms with E-state index in [0.29, 0.717) is 4.90 Å². The number of ether oxygens (including phenoxy) is 2. The van der Waals surface area contributed by atoms with E-state index in [9.17, 15) is 27.2 Å². The number of aromatic nitrogens is 1. The van der Waals surface area contributed by atoms with Crippen LogP contribution in [0.5, 0.6) is 11.6 Å². The number of sulfone groups is 1. The van der Waals surface area contributed by atoms with Crippen molar-refractivity contribution in [3.8, 4) is 11.6 Å². The van der Waals surface area contributed by atoms with Crippen molar-refractivity contribution >= 4 is 33.2 Å². The predicted molar refractivity (Wildman–Crippen MR) is 129 cm³/mol. The third-order valence-corrected chi connectivity index (χ3v) is 6.27. The van der Waals surface area contributed by atoms with E-state index in [1.54, 1.807) is 6.92 Å². The number of nitrogens with one attached hydrogen (secondary N) is 1. The fourth-order valence-electron chi connectivity index (χ4n) is 3.90. The van der Waals surface area contributed by atoms with Crippen molar-refractivity contribution in [2.45, 2.75) is 33.2 Å². The molecule has 36 heavy (non-hydrogen) atoms. The summed E-state index contributed by atoms with van der Waals surface area (Å²) >= 11 is 0. The second-order valence-electron chi connectivity index (χ2n) is 8.76. The van der Waals surface area contributed by atoms with Crippen molar-refractivity contribution < 1.29 is 36.7 Å². The quantitative estimate of drug-likeness (QED) is 0.472. The van der Waals surface area contributed by atoms with Crippen molar-refractivity contribution in [3.63, 3.8) is 0 Å². The number of amides is 3. The number of methoxy groups -OCH3 is 1. The maximum atomic E-state index is 14.8. The molecule has 1 aromatic carbocycles. The molecule has 0 fully saturated rings. The van der Waals surface area contributed by atoms with Crippen LogP contribution >= 0.6 is 0 Å². The molecule has 1 aliphatic rings. The lowest BCUT2D eigenvalue weighted by molar-refractivity contribution is -0.116. The maximum Gasteiger partial charge on any atom is 0.265 e. The Balaban J connectivity index is 2.12. The Labute approximate surface area is 208 Å². The molecule has 12 heteroatoms. The zero-order valence-corrected chi connectivity index (χ0v) is 21.4. The van der Waals surface area contributed by atoms with E-state index in [1.807, 2.05) is 13.8 Å². The van der Waals surface area contributed by atoms with Gasteiger partial charge in [-0.1, -0.05) is 13.8 Å². The fraction of sp³-hybridized carbons (Fsp3) is 0.417. The molecule has 1 atom stereocenters. The van der Waals surface area contributed by atoms with E-state index in [4.69, 9.17) is 9.47 Å². The number of imide groups is 1. The number of pyridine rings is 1. The third-order valence-electron chi connectivity index (χ3n) is 5.35. The molecule has 194 valence electrons. The topological polar surface area (TPSA) is 132 Å². The van der Waals surface area contributed by atoms with Gasteiger partial charge in [-0.25, -0.2) is 17.8 Å². The van der Waals surface area contributed by atoms with Crippen LogP contribution in [0.15, 0.2) is 24.3 Å². The lowest BCUT2D eigenvalue weighted by atomic mass is 10.1. The largest absolute Gasteiger partial charge is 0.491 e. The van der Waals surface area contributed by atoms with Crippen LogP contribution in [0, 0.1) is 11.7 Å². The van der Waals surface area contributed by atoms with Crippen LogP contribution in [0.1, 0.15) is 59.6 Å². The van der Waals surface area contributed by atoms with Crippen LogP contribution in [-0.4, -0.2) is 61.7 Å². The minimum atomic E-state index is -3.76. The molecule has 0 aliphatic carbocycles. The Hall–Kier alpha value is -3.54. The van der Waals surface area contributed by atoms with E-state index in [2.05, 4.69) is 10.3 Å². The van der Waals surface area contributed by atoms with Gasteiger partial charge in [0, 0.05) is 12.7 Å². The molecule has 0 saturated carbocycles. The Bertz CT molecular complexity index is 1310. The van der Waals surface area contributed by atoms with Crippen molar-refractivity contribution in [1.82, 2.24) is 9.88 Å². The number of carbonyl (C=O) groups is 3. The Morgan fingerprint density at radius 3 is 2.39 bits per heavy atom. The van der Waals surface area contributed by atoms with Crippen LogP contribution in [0.3, 0.4) is 0 Å². The third kappa shape index (κ3) is 5.64. The number of hydrogen-bond acceptors (Lipinski definition) is 8. The van der Waals surface area contributed by atoms with Gasteiger partial charge in [0.15, 0.2) is 5.75 Å². The Kier molecular flexibility index (Phi) is 7.97. The van der Waals surface area contributed by atoms with E-state index < -0.39 is 50.7 Å². The lowest BCUT2D eigenvalue weighted by Crippen LogP contribution is -2.38. The summed E-state index contributed by atoms with van der Waals surface area (Å²) < 4.78 is 50.1. The first kappa shape index (κ1) is 27.1. The predicted octanol–water partition coefficient (Wildman–Crippen LogP) is 2.99. The molecule has 0 radical (unpaired) electrons. The van der Waals surface area contributed by atoms with Gasteiger partial charge in [-0.2, -0.15) is 0 Å². The smallest absolute Gasteiger partial charge is 0.265 e. The highest BCUT2D eigenvalue weighted by atomic mass is 32.2. The van der Waals surface area contributed by atoms with Crippen molar-refractivity contribution in [2.24, 2.45) is 5.92 Å². The van der Waals surface area contributed by atoms with Crippen molar-refractivity contribution in [1.29, 1.82) is 0 Å². The van der Waals surface area contributed by atoms with E-state index in [0.717, 1.165) is 12.3 Å². The molecule has 2 aromatic rings. The van der Waals surface area contributed by atoms with E-state index in [-0.39, 0.29) is 47.5 Å². The average Bonchev–Trinajstić information content (AvgIpc) is 3.04. The monoisotopic (exact) mass is 521 g/mol. The summed E-state index contributed by atoms with van der Waals surface area (Å²) in [5.41, 5.74) is -0.882. The molecule has 0 saturated heterocycles. The summed E-state index contributed by atoms with van der Waals surface area (Å²) in [6.45, 7) is 5.60. The second kappa shape index (κ2) is 10.6. The SMILES string of the molecule is CCOc1nc([C@H](CS(C)(=O)=O)N2C(=O)c3c(F)ccc(NC(=O)CC(C)C)c3C2=O)ccc1OC. The first-order valence-electron chi connectivity index (χ1n) is 11.2. The fourth-order valence-corrected chi connectivity index (χ4v) is 4.80.